The first-order valence-electron chi connectivity index (χ1n) is 6.34. The third-order valence-electron chi connectivity index (χ3n) is 3.38. The topological polar surface area (TPSA) is 55.6 Å². The zero-order valence-corrected chi connectivity index (χ0v) is 11.1. The lowest BCUT2D eigenvalue weighted by Crippen LogP contribution is -2.51. The van der Waals surface area contributed by atoms with E-state index in [0.29, 0.717) is 6.54 Å². The lowest BCUT2D eigenvalue weighted by Gasteiger charge is -2.38. The Balaban J connectivity index is 2.70. The Hall–Kier alpha value is -0.870. The summed E-state index contributed by atoms with van der Waals surface area (Å²) in [5, 5.41) is 0. The van der Waals surface area contributed by atoms with E-state index in [4.69, 9.17) is 10.5 Å². The summed E-state index contributed by atoms with van der Waals surface area (Å²) in [6.07, 6.45) is 4.84. The van der Waals surface area contributed by atoms with Gasteiger partial charge in [0, 0.05) is 31.8 Å². The van der Waals surface area contributed by atoms with Crippen molar-refractivity contribution < 1.29 is 9.53 Å². The van der Waals surface area contributed by atoms with Gasteiger partial charge in [0.05, 0.1) is 6.10 Å². The van der Waals surface area contributed by atoms with Crippen molar-refractivity contribution >= 4 is 5.91 Å². The molecule has 1 amide bonds. The number of amides is 1. The molecule has 0 aliphatic carbocycles. The molecule has 0 spiro atoms. The standard InChI is InChI=1S/C13H24N2O2/c1-4-5-10(2)13(16)15-7-6-12(17-3)8-11(15)9-14/h5,11-12H,4,6-9,14H2,1-3H3/b10-5-. The summed E-state index contributed by atoms with van der Waals surface area (Å²) >= 11 is 0. The predicted octanol–water partition coefficient (Wildman–Crippen LogP) is 1.31. The van der Waals surface area contributed by atoms with Gasteiger partial charge in [0.25, 0.3) is 0 Å². The fourth-order valence-corrected chi connectivity index (χ4v) is 2.34. The second-order valence-electron chi connectivity index (χ2n) is 4.57. The maximum atomic E-state index is 12.2. The largest absolute Gasteiger partial charge is 0.381 e. The smallest absolute Gasteiger partial charge is 0.249 e. The molecule has 0 bridgehead atoms. The van der Waals surface area contributed by atoms with Crippen LogP contribution in [0.4, 0.5) is 0 Å². The molecule has 0 saturated carbocycles. The number of hydrogen-bond donors (Lipinski definition) is 1. The highest BCUT2D eigenvalue weighted by Gasteiger charge is 2.30. The van der Waals surface area contributed by atoms with Gasteiger partial charge in [-0.25, -0.2) is 0 Å². The molecule has 17 heavy (non-hydrogen) atoms. The van der Waals surface area contributed by atoms with Gasteiger partial charge >= 0.3 is 0 Å². The molecule has 1 saturated heterocycles. The van der Waals surface area contributed by atoms with E-state index in [9.17, 15) is 4.79 Å². The first-order chi connectivity index (χ1) is 8.13. The highest BCUT2D eigenvalue weighted by molar-refractivity contribution is 5.93. The lowest BCUT2D eigenvalue weighted by molar-refractivity contribution is -0.132. The van der Waals surface area contributed by atoms with Gasteiger partial charge in [0.1, 0.15) is 0 Å². The minimum atomic E-state index is 0.112. The van der Waals surface area contributed by atoms with Crippen LogP contribution in [0.5, 0.6) is 0 Å². The number of carbonyl (C=O) groups is 1. The zero-order chi connectivity index (χ0) is 12.8. The fraction of sp³-hybridized carbons (Fsp3) is 0.769. The summed E-state index contributed by atoms with van der Waals surface area (Å²) in [5.41, 5.74) is 6.57. The number of hydrogen-bond acceptors (Lipinski definition) is 3. The molecule has 1 heterocycles. The molecule has 2 unspecified atom stereocenters. The van der Waals surface area contributed by atoms with Crippen LogP contribution in [0.3, 0.4) is 0 Å². The summed E-state index contributed by atoms with van der Waals surface area (Å²) in [6.45, 7) is 5.16. The molecule has 0 radical (unpaired) electrons. The molecule has 4 nitrogen and oxygen atoms in total. The Kier molecular flexibility index (Phi) is 5.65. The molecule has 2 N–H and O–H groups in total. The first-order valence-corrected chi connectivity index (χ1v) is 6.34. The molecule has 1 rings (SSSR count). The number of rotatable bonds is 4. The van der Waals surface area contributed by atoms with Gasteiger partial charge in [-0.2, -0.15) is 0 Å². The third-order valence-corrected chi connectivity index (χ3v) is 3.38. The number of piperidine rings is 1. The minimum absolute atomic E-state index is 0.112. The lowest BCUT2D eigenvalue weighted by atomic mass is 9.98. The van der Waals surface area contributed by atoms with E-state index in [1.165, 1.54) is 0 Å². The van der Waals surface area contributed by atoms with E-state index in [0.717, 1.165) is 31.4 Å². The average molecular weight is 240 g/mol. The minimum Gasteiger partial charge on any atom is -0.381 e. The number of allylic oxidation sites excluding steroid dienone is 1. The average Bonchev–Trinajstić information content (AvgIpc) is 2.37. The maximum absolute atomic E-state index is 12.2. The number of ether oxygens (including phenoxy) is 1. The van der Waals surface area contributed by atoms with Crippen molar-refractivity contribution in [3.63, 3.8) is 0 Å². The van der Waals surface area contributed by atoms with Crippen molar-refractivity contribution in [2.45, 2.75) is 45.3 Å². The van der Waals surface area contributed by atoms with Crippen LogP contribution < -0.4 is 5.73 Å². The van der Waals surface area contributed by atoms with E-state index in [-0.39, 0.29) is 18.1 Å². The van der Waals surface area contributed by atoms with Gasteiger partial charge in [0.2, 0.25) is 5.91 Å². The van der Waals surface area contributed by atoms with Crippen molar-refractivity contribution in [1.29, 1.82) is 0 Å². The third kappa shape index (κ3) is 3.54. The highest BCUT2D eigenvalue weighted by Crippen LogP contribution is 2.21. The summed E-state index contributed by atoms with van der Waals surface area (Å²) < 4.78 is 5.35. The van der Waals surface area contributed by atoms with Crippen molar-refractivity contribution in [3.8, 4) is 0 Å². The second-order valence-corrected chi connectivity index (χ2v) is 4.57. The van der Waals surface area contributed by atoms with Crippen LogP contribution in [-0.4, -0.2) is 43.2 Å². The second kappa shape index (κ2) is 6.77. The van der Waals surface area contributed by atoms with Crippen molar-refractivity contribution in [2.75, 3.05) is 20.2 Å². The van der Waals surface area contributed by atoms with Crippen LogP contribution >= 0.6 is 0 Å². The van der Waals surface area contributed by atoms with Crippen molar-refractivity contribution in [3.05, 3.63) is 11.6 Å². The van der Waals surface area contributed by atoms with Crippen molar-refractivity contribution in [2.24, 2.45) is 5.73 Å². The van der Waals surface area contributed by atoms with Crippen LogP contribution in [-0.2, 0) is 9.53 Å². The van der Waals surface area contributed by atoms with E-state index >= 15 is 0 Å². The van der Waals surface area contributed by atoms with Gasteiger partial charge in [-0.1, -0.05) is 13.0 Å². The molecule has 1 fully saturated rings. The van der Waals surface area contributed by atoms with Gasteiger partial charge in [-0.05, 0) is 26.2 Å². The maximum Gasteiger partial charge on any atom is 0.249 e. The van der Waals surface area contributed by atoms with Crippen LogP contribution in [0, 0.1) is 0 Å². The molecule has 0 aromatic carbocycles. The highest BCUT2D eigenvalue weighted by atomic mass is 16.5. The molecule has 4 heteroatoms. The Bertz CT molecular complexity index is 289. The van der Waals surface area contributed by atoms with Crippen LogP contribution in [0.2, 0.25) is 0 Å². The predicted molar refractivity (Wildman–Crippen MR) is 68.6 cm³/mol. The summed E-state index contributed by atoms with van der Waals surface area (Å²) in [5.74, 6) is 0.122. The molecule has 0 aromatic heterocycles. The SMILES string of the molecule is CC/C=C(/C)C(=O)N1CCC(OC)CC1CN. The fourth-order valence-electron chi connectivity index (χ4n) is 2.34. The van der Waals surface area contributed by atoms with E-state index in [1.807, 2.05) is 24.8 Å². The molecule has 98 valence electrons. The molecular formula is C13H24N2O2. The van der Waals surface area contributed by atoms with E-state index < -0.39 is 0 Å². The van der Waals surface area contributed by atoms with Gasteiger partial charge in [-0.15, -0.1) is 0 Å². The summed E-state index contributed by atoms with van der Waals surface area (Å²) in [4.78, 5) is 14.1. The van der Waals surface area contributed by atoms with Crippen molar-refractivity contribution in [1.82, 2.24) is 4.90 Å². The monoisotopic (exact) mass is 240 g/mol. The van der Waals surface area contributed by atoms with E-state index in [2.05, 4.69) is 0 Å². The number of carbonyl (C=O) groups excluding carboxylic acids is 1. The number of methoxy groups -OCH3 is 1. The molecule has 1 aliphatic heterocycles. The Morgan fingerprint density at radius 2 is 2.29 bits per heavy atom. The van der Waals surface area contributed by atoms with Gasteiger partial charge in [0.15, 0.2) is 0 Å². The summed E-state index contributed by atoms with van der Waals surface area (Å²) in [6, 6.07) is 0.112. The van der Waals surface area contributed by atoms with Gasteiger partial charge in [-0.3, -0.25) is 4.79 Å². The number of nitrogens with zero attached hydrogens (tertiary/aromatic N) is 1. The van der Waals surface area contributed by atoms with Crippen LogP contribution in [0.1, 0.15) is 33.1 Å². The Morgan fingerprint density at radius 3 is 2.82 bits per heavy atom. The molecule has 1 aliphatic rings. The van der Waals surface area contributed by atoms with Crippen LogP contribution in [0.25, 0.3) is 0 Å². The number of likely N-dealkylation sites (tertiary alicyclic amines) is 1. The molecule has 2 atom stereocenters. The van der Waals surface area contributed by atoms with Crippen LogP contribution in [0.15, 0.2) is 11.6 Å². The normalized spacial score (nSPS) is 26.1. The van der Waals surface area contributed by atoms with Gasteiger partial charge < -0.3 is 15.4 Å². The Labute approximate surface area is 104 Å². The van der Waals surface area contributed by atoms with E-state index in [1.54, 1.807) is 7.11 Å². The first kappa shape index (κ1) is 14.2. The number of nitrogens with two attached hydrogens (primary N) is 1. The quantitative estimate of drug-likeness (QED) is 0.754. The zero-order valence-electron chi connectivity index (χ0n) is 11.1. The Morgan fingerprint density at radius 1 is 1.59 bits per heavy atom. The molecular weight excluding hydrogens is 216 g/mol. The summed E-state index contributed by atoms with van der Waals surface area (Å²) in [7, 11) is 1.72. The molecule has 0 aromatic rings.